The fourth-order valence-electron chi connectivity index (χ4n) is 2.44. The molecule has 0 aliphatic heterocycles. The van der Waals surface area contributed by atoms with Gasteiger partial charge in [-0.05, 0) is 34.8 Å². The summed E-state index contributed by atoms with van der Waals surface area (Å²) in [5.41, 5.74) is 3.44. The van der Waals surface area contributed by atoms with Crippen LogP contribution in [-0.4, -0.2) is 10.7 Å². The first kappa shape index (κ1) is 17.2. The van der Waals surface area contributed by atoms with Gasteiger partial charge < -0.3 is 0 Å². The van der Waals surface area contributed by atoms with E-state index in [9.17, 15) is 0 Å². The molecule has 0 nitrogen and oxygen atoms in total. The van der Waals surface area contributed by atoms with Crippen LogP contribution < -0.4 is 0 Å². The minimum absolute atomic E-state index is 0.240. The summed E-state index contributed by atoms with van der Waals surface area (Å²) in [4.78, 5) is 0. The van der Waals surface area contributed by atoms with E-state index in [4.69, 9.17) is 0 Å². The minimum Gasteiger partial charge on any atom is -0.0922 e. The van der Waals surface area contributed by atoms with Crippen LogP contribution in [0.2, 0.25) is 0 Å². The summed E-state index contributed by atoms with van der Waals surface area (Å²) in [6, 6.07) is 9.18. The van der Waals surface area contributed by atoms with Crippen LogP contribution in [0.1, 0.15) is 51.7 Å². The van der Waals surface area contributed by atoms with Crippen molar-refractivity contribution < 1.29 is 0 Å². The van der Waals surface area contributed by atoms with E-state index >= 15 is 0 Å². The molecule has 0 fully saturated rings. The molecule has 0 atom stereocenters. The molecule has 0 aromatic heterocycles. The zero-order chi connectivity index (χ0) is 14.5. The van der Waals surface area contributed by atoms with Crippen LogP contribution in [0.25, 0.3) is 0 Å². The fraction of sp³-hybridized carbons (Fsp3) is 0.647. The Kier molecular flexibility index (Phi) is 6.59. The molecule has 2 heteroatoms. The monoisotopic (exact) mass is 388 g/mol. The van der Waals surface area contributed by atoms with Crippen LogP contribution in [-0.2, 0) is 11.8 Å². The maximum Gasteiger partial charge on any atom is 0.00991 e. The van der Waals surface area contributed by atoms with Crippen LogP contribution in [0.4, 0.5) is 0 Å². The van der Waals surface area contributed by atoms with Crippen LogP contribution >= 0.6 is 31.9 Å². The summed E-state index contributed by atoms with van der Waals surface area (Å²) in [5, 5.41) is 2.11. The van der Waals surface area contributed by atoms with Gasteiger partial charge in [0.15, 0.2) is 0 Å². The summed E-state index contributed by atoms with van der Waals surface area (Å²) in [6.45, 7) is 9.06. The van der Waals surface area contributed by atoms with E-state index in [2.05, 4.69) is 83.8 Å². The quantitative estimate of drug-likeness (QED) is 0.515. The van der Waals surface area contributed by atoms with Gasteiger partial charge in [-0.3, -0.25) is 0 Å². The first-order valence-electron chi connectivity index (χ1n) is 7.08. The zero-order valence-electron chi connectivity index (χ0n) is 12.6. The third-order valence-electron chi connectivity index (χ3n) is 3.75. The van der Waals surface area contributed by atoms with Crippen molar-refractivity contribution in [1.29, 1.82) is 0 Å². The van der Waals surface area contributed by atoms with E-state index in [1.165, 1.54) is 24.0 Å². The highest BCUT2D eigenvalue weighted by Crippen LogP contribution is 2.33. The highest BCUT2D eigenvalue weighted by molar-refractivity contribution is 9.09. The summed E-state index contributed by atoms with van der Waals surface area (Å²) in [5.74, 6) is 0. The van der Waals surface area contributed by atoms with Gasteiger partial charge in [0.25, 0.3) is 0 Å². The van der Waals surface area contributed by atoms with Crippen molar-refractivity contribution in [3.63, 3.8) is 0 Å². The van der Waals surface area contributed by atoms with E-state index in [0.717, 1.165) is 17.1 Å². The van der Waals surface area contributed by atoms with Crippen LogP contribution in [0, 0.1) is 5.41 Å². The van der Waals surface area contributed by atoms with E-state index in [1.54, 1.807) is 0 Å². The molecule has 0 saturated heterocycles. The van der Waals surface area contributed by atoms with E-state index in [0.29, 0.717) is 5.41 Å². The Morgan fingerprint density at radius 2 is 1.47 bits per heavy atom. The number of hydrogen-bond acceptors (Lipinski definition) is 0. The summed E-state index contributed by atoms with van der Waals surface area (Å²) in [7, 11) is 0. The normalized spacial score (nSPS) is 12.7. The molecule has 0 unspecified atom stereocenters. The number of benzene rings is 1. The standard InChI is InChI=1S/C17H26Br2/c1-5-10-17(12-18,13-19)11-14-6-8-15(9-7-14)16(2,3)4/h6-9H,5,10-13H2,1-4H3. The summed E-state index contributed by atoms with van der Waals surface area (Å²) in [6.07, 6.45) is 3.63. The molecule has 1 aromatic carbocycles. The molecular weight excluding hydrogens is 364 g/mol. The molecule has 0 saturated carbocycles. The average molecular weight is 390 g/mol. The summed E-state index contributed by atoms with van der Waals surface area (Å²) < 4.78 is 0. The van der Waals surface area contributed by atoms with Gasteiger partial charge in [0.05, 0.1) is 0 Å². The third kappa shape index (κ3) is 4.90. The molecular formula is C17H26Br2. The number of hydrogen-bond donors (Lipinski definition) is 0. The first-order chi connectivity index (χ1) is 8.87. The van der Waals surface area contributed by atoms with Gasteiger partial charge in [0.1, 0.15) is 0 Å². The number of rotatable bonds is 6. The molecule has 108 valence electrons. The Balaban J connectivity index is 2.86. The Morgan fingerprint density at radius 3 is 1.84 bits per heavy atom. The molecule has 1 rings (SSSR count). The second-order valence-corrected chi connectivity index (χ2v) is 7.76. The van der Waals surface area contributed by atoms with Crippen molar-refractivity contribution in [3.8, 4) is 0 Å². The predicted molar refractivity (Wildman–Crippen MR) is 93.8 cm³/mol. The zero-order valence-corrected chi connectivity index (χ0v) is 15.8. The van der Waals surface area contributed by atoms with E-state index in [1.807, 2.05) is 0 Å². The molecule has 0 heterocycles. The second-order valence-electron chi connectivity index (χ2n) is 6.64. The predicted octanol–water partition coefficient (Wildman–Crippen LogP) is 6.10. The minimum atomic E-state index is 0.240. The topological polar surface area (TPSA) is 0 Å². The smallest absolute Gasteiger partial charge is 0.00991 e. The van der Waals surface area contributed by atoms with Gasteiger partial charge in [-0.25, -0.2) is 0 Å². The number of halogens is 2. The highest BCUT2D eigenvalue weighted by atomic mass is 79.9. The lowest BCUT2D eigenvalue weighted by molar-refractivity contribution is 0.352. The van der Waals surface area contributed by atoms with Gasteiger partial charge >= 0.3 is 0 Å². The van der Waals surface area contributed by atoms with Crippen molar-refractivity contribution in [2.24, 2.45) is 5.41 Å². The molecule has 0 radical (unpaired) electrons. The van der Waals surface area contributed by atoms with Crippen LogP contribution in [0.15, 0.2) is 24.3 Å². The molecule has 1 aromatic rings. The van der Waals surface area contributed by atoms with Crippen molar-refractivity contribution in [3.05, 3.63) is 35.4 Å². The van der Waals surface area contributed by atoms with Crippen LogP contribution in [0.3, 0.4) is 0 Å². The van der Waals surface area contributed by atoms with E-state index < -0.39 is 0 Å². The largest absolute Gasteiger partial charge is 0.0922 e. The van der Waals surface area contributed by atoms with Crippen molar-refractivity contribution >= 4 is 31.9 Å². The maximum absolute atomic E-state index is 3.71. The van der Waals surface area contributed by atoms with Gasteiger partial charge in [-0.2, -0.15) is 0 Å². The Morgan fingerprint density at radius 1 is 0.947 bits per heavy atom. The van der Waals surface area contributed by atoms with Gasteiger partial charge in [-0.1, -0.05) is 90.2 Å². The van der Waals surface area contributed by atoms with Crippen LogP contribution in [0.5, 0.6) is 0 Å². The maximum atomic E-state index is 3.71. The number of alkyl halides is 2. The third-order valence-corrected chi connectivity index (χ3v) is 6.13. The van der Waals surface area contributed by atoms with Crippen molar-refractivity contribution in [2.45, 2.75) is 52.4 Å². The second kappa shape index (κ2) is 7.26. The fourth-order valence-corrected chi connectivity index (χ4v) is 4.32. The molecule has 0 aliphatic rings. The molecule has 0 spiro atoms. The molecule has 19 heavy (non-hydrogen) atoms. The van der Waals surface area contributed by atoms with Crippen molar-refractivity contribution in [2.75, 3.05) is 10.7 Å². The van der Waals surface area contributed by atoms with Gasteiger partial charge in [-0.15, -0.1) is 0 Å². The first-order valence-corrected chi connectivity index (χ1v) is 9.32. The Bertz CT molecular complexity index is 369. The lowest BCUT2D eigenvalue weighted by Gasteiger charge is -2.30. The summed E-state index contributed by atoms with van der Waals surface area (Å²) >= 11 is 7.42. The van der Waals surface area contributed by atoms with E-state index in [-0.39, 0.29) is 5.41 Å². The average Bonchev–Trinajstić information content (AvgIpc) is 2.37. The lowest BCUT2D eigenvalue weighted by Crippen LogP contribution is -2.27. The molecule has 0 amide bonds. The van der Waals surface area contributed by atoms with Gasteiger partial charge in [0.2, 0.25) is 0 Å². The lowest BCUT2D eigenvalue weighted by atomic mass is 9.80. The Hall–Kier alpha value is 0.180. The SMILES string of the molecule is CCCC(CBr)(CBr)Cc1ccc(C(C)(C)C)cc1. The van der Waals surface area contributed by atoms with Crippen molar-refractivity contribution in [1.82, 2.24) is 0 Å². The Labute approximate surface area is 135 Å². The molecule has 0 bridgehead atoms. The molecule has 0 N–H and O–H groups in total. The molecule has 0 aliphatic carbocycles. The van der Waals surface area contributed by atoms with Gasteiger partial charge in [0, 0.05) is 10.7 Å². The highest BCUT2D eigenvalue weighted by Gasteiger charge is 2.27.